The van der Waals surface area contributed by atoms with Gasteiger partial charge in [0.05, 0.1) is 0 Å². The van der Waals surface area contributed by atoms with Crippen LogP contribution in [0.4, 0.5) is 4.79 Å². The van der Waals surface area contributed by atoms with Gasteiger partial charge in [-0.1, -0.05) is 6.07 Å². The van der Waals surface area contributed by atoms with Gasteiger partial charge >= 0.3 is 12.1 Å². The fourth-order valence-corrected chi connectivity index (χ4v) is 2.76. The number of amides is 1. The minimum Gasteiger partial charge on any atom is -0.480 e. The maximum absolute atomic E-state index is 12.1. The van der Waals surface area contributed by atoms with E-state index in [-0.39, 0.29) is 5.92 Å². The van der Waals surface area contributed by atoms with Gasteiger partial charge in [0.1, 0.15) is 17.3 Å². The number of pyridine rings is 1. The van der Waals surface area contributed by atoms with E-state index in [0.29, 0.717) is 6.54 Å². The molecule has 2 unspecified atom stereocenters. The Hall–Kier alpha value is -2.57. The van der Waals surface area contributed by atoms with Crippen molar-refractivity contribution in [2.45, 2.75) is 38.3 Å². The Labute approximate surface area is 133 Å². The van der Waals surface area contributed by atoms with Crippen molar-refractivity contribution in [3.8, 4) is 0 Å². The van der Waals surface area contributed by atoms with Gasteiger partial charge in [0.2, 0.25) is 0 Å². The third-order valence-corrected chi connectivity index (χ3v) is 3.83. The lowest BCUT2D eigenvalue weighted by Gasteiger charge is -2.45. The standard InChI is InChI=1S/C16H19N3O4/c1-16(2,3)23-15(22)19-9-11(13(19)14(20)21)10-4-5-12-17-6-7-18(12)8-10/h4-8,11,13H,9H2,1-3H3,(H,20,21). The topological polar surface area (TPSA) is 84.1 Å². The average molecular weight is 317 g/mol. The van der Waals surface area contributed by atoms with Crippen LogP contribution in [-0.2, 0) is 9.53 Å². The zero-order valence-electron chi connectivity index (χ0n) is 13.3. The molecule has 0 radical (unpaired) electrons. The number of aromatic nitrogens is 2. The lowest BCUT2D eigenvalue weighted by atomic mass is 9.83. The lowest BCUT2D eigenvalue weighted by Crippen LogP contribution is -2.61. The maximum atomic E-state index is 12.1. The van der Waals surface area contributed by atoms with Crippen LogP contribution in [0.15, 0.2) is 30.7 Å². The predicted octanol–water partition coefficient (Wildman–Crippen LogP) is 2.12. The predicted molar refractivity (Wildman–Crippen MR) is 82.3 cm³/mol. The molecule has 1 fully saturated rings. The summed E-state index contributed by atoms with van der Waals surface area (Å²) in [5.41, 5.74) is 1.01. The second kappa shape index (κ2) is 5.26. The first kappa shape index (κ1) is 15.3. The molecule has 2 atom stereocenters. The Morgan fingerprint density at radius 2 is 2.09 bits per heavy atom. The van der Waals surface area contributed by atoms with Crippen molar-refractivity contribution < 1.29 is 19.4 Å². The van der Waals surface area contributed by atoms with Gasteiger partial charge in [0.15, 0.2) is 0 Å². The number of hydrogen-bond donors (Lipinski definition) is 1. The van der Waals surface area contributed by atoms with E-state index in [4.69, 9.17) is 4.74 Å². The average Bonchev–Trinajstić information content (AvgIpc) is 2.81. The monoisotopic (exact) mass is 317 g/mol. The van der Waals surface area contributed by atoms with E-state index in [2.05, 4.69) is 4.98 Å². The number of carboxylic acid groups (broad SMARTS) is 1. The molecule has 1 N–H and O–H groups in total. The van der Waals surface area contributed by atoms with Gasteiger partial charge in [-0.2, -0.15) is 0 Å². The fourth-order valence-electron chi connectivity index (χ4n) is 2.76. The number of nitrogens with zero attached hydrogens (tertiary/aromatic N) is 3. The van der Waals surface area contributed by atoms with Gasteiger partial charge in [0, 0.05) is 31.1 Å². The number of carbonyl (C=O) groups is 2. The van der Waals surface area contributed by atoms with E-state index in [0.717, 1.165) is 11.2 Å². The number of carbonyl (C=O) groups excluding carboxylic acids is 1. The molecule has 0 aliphatic carbocycles. The van der Waals surface area contributed by atoms with Crippen molar-refractivity contribution in [1.29, 1.82) is 0 Å². The summed E-state index contributed by atoms with van der Waals surface area (Å²) in [6, 6.07) is 2.78. The third-order valence-electron chi connectivity index (χ3n) is 3.83. The first-order chi connectivity index (χ1) is 10.8. The first-order valence-corrected chi connectivity index (χ1v) is 7.41. The molecule has 2 aromatic heterocycles. The summed E-state index contributed by atoms with van der Waals surface area (Å²) in [4.78, 5) is 29.1. The SMILES string of the molecule is CC(C)(C)OC(=O)N1CC(c2ccc3nccn3c2)C1C(=O)O. The highest BCUT2D eigenvalue weighted by molar-refractivity contribution is 5.84. The molecule has 1 aliphatic rings. The molecule has 0 spiro atoms. The van der Waals surface area contributed by atoms with E-state index in [1.165, 1.54) is 4.90 Å². The Bertz CT molecular complexity index is 762. The summed E-state index contributed by atoms with van der Waals surface area (Å²) in [6.07, 6.45) is 4.75. The molecule has 7 nitrogen and oxygen atoms in total. The molecule has 0 bridgehead atoms. The van der Waals surface area contributed by atoms with Crippen LogP contribution in [0.3, 0.4) is 0 Å². The van der Waals surface area contributed by atoms with Crippen LogP contribution in [0.1, 0.15) is 32.3 Å². The van der Waals surface area contributed by atoms with Crippen LogP contribution in [0.25, 0.3) is 5.65 Å². The molecule has 2 aromatic rings. The summed E-state index contributed by atoms with van der Waals surface area (Å²) in [7, 11) is 0. The number of rotatable bonds is 2. The molecule has 122 valence electrons. The number of fused-ring (bicyclic) bond motifs is 1. The van der Waals surface area contributed by atoms with Gasteiger partial charge in [-0.05, 0) is 32.4 Å². The summed E-state index contributed by atoms with van der Waals surface area (Å²) in [5, 5.41) is 9.49. The molecule has 1 aliphatic heterocycles. The minimum absolute atomic E-state index is 0.258. The van der Waals surface area contributed by atoms with Crippen LogP contribution in [0, 0.1) is 0 Å². The van der Waals surface area contributed by atoms with Crippen molar-refractivity contribution in [1.82, 2.24) is 14.3 Å². The van der Waals surface area contributed by atoms with Crippen LogP contribution >= 0.6 is 0 Å². The largest absolute Gasteiger partial charge is 0.480 e. The van der Waals surface area contributed by atoms with Crippen LogP contribution < -0.4 is 0 Å². The van der Waals surface area contributed by atoms with E-state index in [1.54, 1.807) is 33.2 Å². The van der Waals surface area contributed by atoms with E-state index < -0.39 is 23.7 Å². The normalized spacial score (nSPS) is 21.1. The van der Waals surface area contributed by atoms with Gasteiger partial charge in [-0.15, -0.1) is 0 Å². The van der Waals surface area contributed by atoms with Crippen molar-refractivity contribution in [2.75, 3.05) is 6.54 Å². The third kappa shape index (κ3) is 2.86. The Balaban J connectivity index is 1.81. The number of aliphatic carboxylic acids is 1. The molecule has 0 saturated carbocycles. The number of ether oxygens (including phenoxy) is 1. The summed E-state index contributed by atoms with van der Waals surface area (Å²) >= 11 is 0. The summed E-state index contributed by atoms with van der Waals surface area (Å²) in [5.74, 6) is -1.29. The molecule has 23 heavy (non-hydrogen) atoms. The Morgan fingerprint density at radius 1 is 1.35 bits per heavy atom. The summed E-state index contributed by atoms with van der Waals surface area (Å²) in [6.45, 7) is 5.59. The van der Waals surface area contributed by atoms with Crippen LogP contribution in [-0.4, -0.2) is 49.6 Å². The van der Waals surface area contributed by atoms with Gasteiger partial charge in [0.25, 0.3) is 0 Å². The zero-order valence-corrected chi connectivity index (χ0v) is 13.3. The lowest BCUT2D eigenvalue weighted by molar-refractivity contribution is -0.149. The van der Waals surface area contributed by atoms with E-state index in [9.17, 15) is 14.7 Å². The van der Waals surface area contributed by atoms with Gasteiger partial charge in [-0.25, -0.2) is 14.6 Å². The number of carboxylic acids is 1. The molecular formula is C16H19N3O4. The van der Waals surface area contributed by atoms with Crippen LogP contribution in [0.2, 0.25) is 0 Å². The van der Waals surface area contributed by atoms with Crippen molar-refractivity contribution in [2.24, 2.45) is 0 Å². The second-order valence-corrected chi connectivity index (χ2v) is 6.68. The van der Waals surface area contributed by atoms with Gasteiger partial charge < -0.3 is 14.2 Å². The maximum Gasteiger partial charge on any atom is 0.411 e. The highest BCUT2D eigenvalue weighted by Gasteiger charge is 2.49. The van der Waals surface area contributed by atoms with Gasteiger partial charge in [-0.3, -0.25) is 4.90 Å². The highest BCUT2D eigenvalue weighted by atomic mass is 16.6. The Kier molecular flexibility index (Phi) is 3.50. The molecular weight excluding hydrogens is 298 g/mol. The zero-order chi connectivity index (χ0) is 16.8. The molecule has 1 amide bonds. The summed E-state index contributed by atoms with van der Waals surface area (Å²) < 4.78 is 7.11. The number of likely N-dealkylation sites (tertiary alicyclic amines) is 1. The smallest absolute Gasteiger partial charge is 0.411 e. The molecule has 1 saturated heterocycles. The number of imidazole rings is 1. The molecule has 7 heteroatoms. The van der Waals surface area contributed by atoms with E-state index >= 15 is 0 Å². The minimum atomic E-state index is -1.03. The quantitative estimate of drug-likeness (QED) is 0.917. The Morgan fingerprint density at radius 3 is 2.74 bits per heavy atom. The van der Waals surface area contributed by atoms with E-state index in [1.807, 2.05) is 22.7 Å². The first-order valence-electron chi connectivity index (χ1n) is 7.41. The highest BCUT2D eigenvalue weighted by Crippen LogP contribution is 2.35. The molecule has 0 aromatic carbocycles. The van der Waals surface area contributed by atoms with Crippen molar-refractivity contribution in [3.63, 3.8) is 0 Å². The van der Waals surface area contributed by atoms with Crippen molar-refractivity contribution in [3.05, 3.63) is 36.3 Å². The van der Waals surface area contributed by atoms with Crippen molar-refractivity contribution >= 4 is 17.7 Å². The second-order valence-electron chi connectivity index (χ2n) is 6.68. The number of hydrogen-bond acceptors (Lipinski definition) is 4. The van der Waals surface area contributed by atoms with Crippen LogP contribution in [0.5, 0.6) is 0 Å². The molecule has 3 heterocycles. The molecule has 3 rings (SSSR count). The fraction of sp³-hybridized carbons (Fsp3) is 0.438.